The van der Waals surface area contributed by atoms with Crippen LogP contribution in [0.5, 0.6) is 0 Å². The zero-order chi connectivity index (χ0) is 20.4. The molecule has 6 nitrogen and oxygen atoms in total. The van der Waals surface area contributed by atoms with Crippen LogP contribution in [0.3, 0.4) is 0 Å². The van der Waals surface area contributed by atoms with Gasteiger partial charge in [0.1, 0.15) is 5.58 Å². The molecule has 4 aliphatic heterocycles. The maximum absolute atomic E-state index is 13.0. The fourth-order valence-electron chi connectivity index (χ4n) is 6.31. The molecule has 6 heteroatoms. The van der Waals surface area contributed by atoms with Crippen LogP contribution in [-0.4, -0.2) is 65.8 Å². The zero-order valence-corrected chi connectivity index (χ0v) is 17.8. The summed E-state index contributed by atoms with van der Waals surface area (Å²) in [5.74, 6) is 0. The quantitative estimate of drug-likeness (QED) is 0.767. The second-order valence-electron chi connectivity index (χ2n) is 9.81. The van der Waals surface area contributed by atoms with E-state index >= 15 is 0 Å². The van der Waals surface area contributed by atoms with Crippen molar-refractivity contribution in [2.75, 3.05) is 37.6 Å². The van der Waals surface area contributed by atoms with Gasteiger partial charge >= 0.3 is 5.63 Å². The van der Waals surface area contributed by atoms with Gasteiger partial charge in [-0.3, -0.25) is 9.80 Å². The van der Waals surface area contributed by atoms with Crippen molar-refractivity contribution in [2.24, 2.45) is 0 Å². The van der Waals surface area contributed by atoms with Gasteiger partial charge in [-0.1, -0.05) is 0 Å². The zero-order valence-electron chi connectivity index (χ0n) is 17.8. The summed E-state index contributed by atoms with van der Waals surface area (Å²) in [7, 11) is 0. The molecule has 160 valence electrons. The van der Waals surface area contributed by atoms with Crippen LogP contribution in [0.2, 0.25) is 0 Å². The third kappa shape index (κ3) is 3.00. The van der Waals surface area contributed by atoms with E-state index < -0.39 is 0 Å². The number of aliphatic hydroxyl groups is 1. The largest absolute Gasteiger partial charge is 0.422 e. The van der Waals surface area contributed by atoms with Crippen molar-refractivity contribution in [2.45, 2.75) is 63.8 Å². The second-order valence-corrected chi connectivity index (χ2v) is 9.81. The number of benzene rings is 1. The molecule has 0 unspecified atom stereocenters. The predicted octanol–water partition coefficient (Wildman–Crippen LogP) is 2.13. The van der Waals surface area contributed by atoms with E-state index in [1.807, 2.05) is 0 Å². The molecule has 0 saturated carbocycles. The van der Waals surface area contributed by atoms with Crippen LogP contribution in [0, 0.1) is 0 Å². The van der Waals surface area contributed by atoms with Crippen molar-refractivity contribution in [1.82, 2.24) is 9.80 Å². The molecule has 0 bridgehead atoms. The lowest BCUT2D eigenvalue weighted by Gasteiger charge is -2.42. The number of aliphatic hydroxyl groups excluding tert-OH is 1. The molecule has 6 rings (SSSR count). The van der Waals surface area contributed by atoms with Crippen LogP contribution in [0.1, 0.15) is 42.9 Å². The highest BCUT2D eigenvalue weighted by molar-refractivity contribution is 5.88. The first-order chi connectivity index (χ1) is 14.6. The molecule has 4 aliphatic rings. The van der Waals surface area contributed by atoms with Crippen LogP contribution in [0.15, 0.2) is 21.3 Å². The summed E-state index contributed by atoms with van der Waals surface area (Å²) in [6, 6.07) is 5.12. The minimum Gasteiger partial charge on any atom is -0.422 e. The Labute approximate surface area is 177 Å². The van der Waals surface area contributed by atoms with E-state index in [9.17, 15) is 9.90 Å². The lowest BCUT2D eigenvalue weighted by Crippen LogP contribution is -2.54. The number of hydrogen-bond donors (Lipinski definition) is 1. The van der Waals surface area contributed by atoms with E-state index in [1.54, 1.807) is 0 Å². The fourth-order valence-corrected chi connectivity index (χ4v) is 6.31. The van der Waals surface area contributed by atoms with Gasteiger partial charge in [0, 0.05) is 68.0 Å². The van der Waals surface area contributed by atoms with Crippen LogP contribution in [0.4, 0.5) is 5.69 Å². The molecule has 1 aromatic carbocycles. The van der Waals surface area contributed by atoms with Crippen LogP contribution in [0.25, 0.3) is 11.0 Å². The van der Waals surface area contributed by atoms with Gasteiger partial charge in [0.2, 0.25) is 0 Å². The van der Waals surface area contributed by atoms with E-state index in [0.29, 0.717) is 18.6 Å². The van der Waals surface area contributed by atoms with E-state index in [1.165, 1.54) is 23.2 Å². The smallest absolute Gasteiger partial charge is 0.340 e. The van der Waals surface area contributed by atoms with Crippen molar-refractivity contribution >= 4 is 16.7 Å². The SMILES string of the molecule is C[C@H]1CN2C[C@H](O)C[C@@H]2CN1Cc1cc2cc3c4c(c2oc1=O)CCCN4CCC3. The van der Waals surface area contributed by atoms with Gasteiger partial charge in [0.25, 0.3) is 0 Å². The third-order valence-electron chi connectivity index (χ3n) is 7.73. The molecule has 30 heavy (non-hydrogen) atoms. The number of rotatable bonds is 2. The van der Waals surface area contributed by atoms with Crippen LogP contribution >= 0.6 is 0 Å². The van der Waals surface area contributed by atoms with E-state index in [2.05, 4.69) is 33.8 Å². The van der Waals surface area contributed by atoms with Gasteiger partial charge in [-0.05, 0) is 56.7 Å². The third-order valence-corrected chi connectivity index (χ3v) is 7.73. The Hall–Kier alpha value is -1.89. The second kappa shape index (κ2) is 7.08. The predicted molar refractivity (Wildman–Crippen MR) is 117 cm³/mol. The maximum atomic E-state index is 13.0. The van der Waals surface area contributed by atoms with Crippen molar-refractivity contribution in [3.8, 4) is 0 Å². The normalized spacial score (nSPS) is 29.3. The standard InChI is InChI=1S/C24H31N3O3/c1-15-11-27-14-20(28)10-19(27)13-26(15)12-18-9-17-8-16-4-2-6-25-7-3-5-21(22(16)25)23(17)30-24(18)29/h8-9,15,19-20,28H,2-7,10-14H2,1H3/t15-,19+,20+/m0/s1. The molecular weight excluding hydrogens is 378 g/mol. The Balaban J connectivity index is 1.35. The molecule has 0 spiro atoms. The van der Waals surface area contributed by atoms with Crippen molar-refractivity contribution < 1.29 is 9.52 Å². The summed E-state index contributed by atoms with van der Waals surface area (Å²) < 4.78 is 5.98. The lowest BCUT2D eigenvalue weighted by molar-refractivity contribution is 0.0522. The highest BCUT2D eigenvalue weighted by Gasteiger charge is 2.38. The molecule has 1 N–H and O–H groups in total. The first-order valence-corrected chi connectivity index (χ1v) is 11.6. The van der Waals surface area contributed by atoms with E-state index in [4.69, 9.17) is 4.42 Å². The molecule has 5 heterocycles. The van der Waals surface area contributed by atoms with Crippen molar-refractivity contribution in [1.29, 1.82) is 0 Å². The number of hydrogen-bond acceptors (Lipinski definition) is 6. The van der Waals surface area contributed by atoms with Gasteiger partial charge < -0.3 is 14.4 Å². The summed E-state index contributed by atoms with van der Waals surface area (Å²) >= 11 is 0. The fraction of sp³-hybridized carbons (Fsp3) is 0.625. The molecule has 0 amide bonds. The topological polar surface area (TPSA) is 60.2 Å². The molecule has 2 fully saturated rings. The van der Waals surface area contributed by atoms with Gasteiger partial charge in [0.05, 0.1) is 11.7 Å². The number of fused-ring (bicyclic) bond motifs is 3. The molecule has 2 aromatic rings. The first-order valence-electron chi connectivity index (χ1n) is 11.6. The Morgan fingerprint density at radius 3 is 2.83 bits per heavy atom. The van der Waals surface area contributed by atoms with Gasteiger partial charge in [-0.2, -0.15) is 0 Å². The summed E-state index contributed by atoms with van der Waals surface area (Å²) in [5, 5.41) is 11.1. The number of anilines is 1. The molecular formula is C24H31N3O3. The Kier molecular flexibility index (Phi) is 4.44. The molecule has 1 aromatic heterocycles. The Morgan fingerprint density at radius 2 is 1.97 bits per heavy atom. The summed E-state index contributed by atoms with van der Waals surface area (Å²) in [4.78, 5) is 20.3. The number of piperazine rings is 1. The minimum absolute atomic E-state index is 0.187. The average Bonchev–Trinajstić information content (AvgIpc) is 3.08. The Morgan fingerprint density at radius 1 is 1.13 bits per heavy atom. The monoisotopic (exact) mass is 409 g/mol. The van der Waals surface area contributed by atoms with E-state index in [-0.39, 0.29) is 11.7 Å². The highest BCUT2D eigenvalue weighted by atomic mass is 16.4. The molecule has 3 atom stereocenters. The average molecular weight is 410 g/mol. The highest BCUT2D eigenvalue weighted by Crippen LogP contribution is 2.39. The molecule has 0 radical (unpaired) electrons. The number of aryl methyl sites for hydroxylation is 2. The minimum atomic E-state index is -0.212. The molecule has 2 saturated heterocycles. The lowest BCUT2D eigenvalue weighted by atomic mass is 9.90. The summed E-state index contributed by atoms with van der Waals surface area (Å²) in [5.41, 5.74) is 5.40. The van der Waals surface area contributed by atoms with Crippen molar-refractivity contribution in [3.05, 3.63) is 39.2 Å². The van der Waals surface area contributed by atoms with E-state index in [0.717, 1.165) is 74.9 Å². The van der Waals surface area contributed by atoms with Crippen LogP contribution < -0.4 is 10.5 Å². The maximum Gasteiger partial charge on any atom is 0.340 e. The first kappa shape index (κ1) is 18.8. The van der Waals surface area contributed by atoms with Gasteiger partial charge in [0.15, 0.2) is 0 Å². The Bertz CT molecular complexity index is 1050. The summed E-state index contributed by atoms with van der Waals surface area (Å²) in [6.07, 6.45) is 5.08. The van der Waals surface area contributed by atoms with Crippen molar-refractivity contribution in [3.63, 3.8) is 0 Å². The summed E-state index contributed by atoms with van der Waals surface area (Å²) in [6.45, 7) is 7.72. The van der Waals surface area contributed by atoms with Gasteiger partial charge in [-0.15, -0.1) is 0 Å². The van der Waals surface area contributed by atoms with Crippen LogP contribution in [-0.2, 0) is 19.4 Å². The number of nitrogens with zero attached hydrogens (tertiary/aromatic N) is 3. The van der Waals surface area contributed by atoms with Gasteiger partial charge in [-0.25, -0.2) is 4.79 Å². The molecule has 0 aliphatic carbocycles.